The molecule has 4 rings (SSSR count). The maximum Gasteiger partial charge on any atom is 0.335 e. The number of nitrogens with zero attached hydrogens (tertiary/aromatic N) is 1. The topological polar surface area (TPSA) is 153 Å². The Hall–Kier alpha value is -3.60. The largest absolute Gasteiger partial charge is 0.478 e. The van der Waals surface area contributed by atoms with Crippen molar-refractivity contribution >= 4 is 35.3 Å². The summed E-state index contributed by atoms with van der Waals surface area (Å²) >= 11 is 1.91. The van der Waals surface area contributed by atoms with Crippen molar-refractivity contribution < 1.29 is 29.8 Å². The van der Waals surface area contributed by atoms with E-state index in [4.69, 9.17) is 15.4 Å². The number of piperidine rings is 1. The lowest BCUT2D eigenvalue weighted by Gasteiger charge is -2.30. The summed E-state index contributed by atoms with van der Waals surface area (Å²) in [5.41, 5.74) is 11.5. The van der Waals surface area contributed by atoms with Crippen LogP contribution < -0.4 is 11.2 Å². The molecule has 1 fully saturated rings. The van der Waals surface area contributed by atoms with Crippen LogP contribution in [0.3, 0.4) is 0 Å². The van der Waals surface area contributed by atoms with Gasteiger partial charge in [-0.1, -0.05) is 53.7 Å². The summed E-state index contributed by atoms with van der Waals surface area (Å²) in [5, 5.41) is 23.0. The van der Waals surface area contributed by atoms with E-state index in [0.717, 1.165) is 0 Å². The van der Waals surface area contributed by atoms with Crippen LogP contribution in [0.25, 0.3) is 5.57 Å². The Morgan fingerprint density at radius 3 is 1.71 bits per heavy atom. The maximum atomic E-state index is 9.55. The summed E-state index contributed by atoms with van der Waals surface area (Å²) in [6.07, 6.45) is 3.50. The van der Waals surface area contributed by atoms with Crippen molar-refractivity contribution in [2.75, 3.05) is 20.1 Å². The number of amides is 2. The standard InChI is InChI=1S/C19H19NS.C4H4O4.CH4N2O2/c1-20-12-10-14(11-13-20)19-15-6-2-4-8-17(15)21-18-9-5-3-7-16(18)19;5-3(6)1-2-4(7)8;2-1(4)3-5/h2-9H,10-13H2,1H3;1-2H,(H,5,6)(H,7,8);5H,(H3,2,3,4). The van der Waals surface area contributed by atoms with Crippen LogP contribution in [0.4, 0.5) is 4.79 Å². The van der Waals surface area contributed by atoms with Crippen molar-refractivity contribution in [2.45, 2.75) is 22.6 Å². The van der Waals surface area contributed by atoms with E-state index in [0.29, 0.717) is 12.2 Å². The summed E-state index contributed by atoms with van der Waals surface area (Å²) in [4.78, 5) is 33.6. The summed E-state index contributed by atoms with van der Waals surface area (Å²) in [6.45, 7) is 2.35. The molecule has 2 aliphatic heterocycles. The molecule has 6 N–H and O–H groups in total. The van der Waals surface area contributed by atoms with Gasteiger partial charge in [-0.2, -0.15) is 0 Å². The van der Waals surface area contributed by atoms with E-state index >= 15 is 0 Å². The number of hydrogen-bond acceptors (Lipinski definition) is 6. The zero-order valence-corrected chi connectivity index (χ0v) is 19.4. The second-order valence-corrected chi connectivity index (χ2v) is 8.45. The number of hydrogen-bond donors (Lipinski definition) is 5. The molecule has 2 heterocycles. The van der Waals surface area contributed by atoms with Crippen molar-refractivity contribution in [3.63, 3.8) is 0 Å². The number of primary amides is 1. The van der Waals surface area contributed by atoms with Gasteiger partial charge in [-0.25, -0.2) is 19.9 Å². The number of fused-ring (bicyclic) bond motifs is 2. The Bertz CT molecular complexity index is 1030. The van der Waals surface area contributed by atoms with Crippen LogP contribution in [0, 0.1) is 0 Å². The molecule has 2 amide bonds. The van der Waals surface area contributed by atoms with Crippen LogP contribution in [0.15, 0.2) is 76.0 Å². The highest BCUT2D eigenvalue weighted by Crippen LogP contribution is 2.47. The average Bonchev–Trinajstić information content (AvgIpc) is 2.82. The van der Waals surface area contributed by atoms with E-state index < -0.39 is 18.0 Å². The second kappa shape index (κ2) is 13.2. The molecule has 9 nitrogen and oxygen atoms in total. The molecule has 2 aromatic rings. The van der Waals surface area contributed by atoms with Crippen LogP contribution in [-0.4, -0.2) is 58.4 Å². The lowest BCUT2D eigenvalue weighted by Crippen LogP contribution is -2.27. The predicted octanol–water partition coefficient (Wildman–Crippen LogP) is 3.43. The van der Waals surface area contributed by atoms with Crippen LogP contribution >= 0.6 is 11.8 Å². The molecule has 0 atom stereocenters. The number of carboxylic acids is 2. The number of aliphatic carboxylic acids is 2. The minimum absolute atomic E-state index is 0.558. The maximum absolute atomic E-state index is 9.55. The highest BCUT2D eigenvalue weighted by Gasteiger charge is 2.24. The van der Waals surface area contributed by atoms with E-state index in [1.807, 2.05) is 11.8 Å². The first-order valence-corrected chi connectivity index (χ1v) is 11.1. The Balaban J connectivity index is 0.000000263. The van der Waals surface area contributed by atoms with Gasteiger partial charge in [0.1, 0.15) is 0 Å². The normalized spacial score (nSPS) is 14.5. The molecular weight excluding hydrogens is 458 g/mol. The van der Waals surface area contributed by atoms with Gasteiger partial charge in [0.15, 0.2) is 0 Å². The first-order valence-electron chi connectivity index (χ1n) is 10.3. The average molecular weight is 486 g/mol. The highest BCUT2D eigenvalue weighted by atomic mass is 32.2. The zero-order valence-electron chi connectivity index (χ0n) is 18.6. The first-order chi connectivity index (χ1) is 16.2. The molecule has 0 aliphatic carbocycles. The molecule has 0 radical (unpaired) electrons. The fraction of sp³-hybridized carbons (Fsp3) is 0.208. The van der Waals surface area contributed by atoms with Gasteiger partial charge in [-0.3, -0.25) is 5.21 Å². The summed E-state index contributed by atoms with van der Waals surface area (Å²) in [6, 6.07) is 16.8. The van der Waals surface area contributed by atoms with E-state index in [1.165, 1.54) is 57.9 Å². The van der Waals surface area contributed by atoms with Crippen molar-refractivity contribution in [2.24, 2.45) is 5.73 Å². The highest BCUT2D eigenvalue weighted by molar-refractivity contribution is 7.99. The molecule has 0 bridgehead atoms. The summed E-state index contributed by atoms with van der Waals surface area (Å²) in [5.74, 6) is -2.51. The molecule has 34 heavy (non-hydrogen) atoms. The number of nitrogens with one attached hydrogen (secondary N) is 1. The molecule has 0 spiro atoms. The number of hydroxylamine groups is 1. The monoisotopic (exact) mass is 485 g/mol. The van der Waals surface area contributed by atoms with Gasteiger partial charge >= 0.3 is 18.0 Å². The first kappa shape index (κ1) is 26.7. The van der Waals surface area contributed by atoms with Crippen molar-refractivity contribution in [1.29, 1.82) is 0 Å². The second-order valence-electron chi connectivity index (χ2n) is 7.36. The van der Waals surface area contributed by atoms with Gasteiger partial charge in [0.25, 0.3) is 0 Å². The number of urea groups is 1. The third-order valence-electron chi connectivity index (χ3n) is 4.96. The molecular formula is C24H27N3O6S. The number of benzene rings is 2. The SMILES string of the molecule is CN1CCC(=C2c3ccccc3Sc3ccccc32)CC1.NC(=O)NO.O=C(O)C=CC(=O)O. The quantitative estimate of drug-likeness (QED) is 0.210. The lowest BCUT2D eigenvalue weighted by molar-refractivity contribution is -0.134. The smallest absolute Gasteiger partial charge is 0.335 e. The van der Waals surface area contributed by atoms with Crippen LogP contribution in [-0.2, 0) is 9.59 Å². The third-order valence-corrected chi connectivity index (χ3v) is 6.11. The fourth-order valence-electron chi connectivity index (χ4n) is 3.45. The van der Waals surface area contributed by atoms with Crippen LogP contribution in [0.2, 0.25) is 0 Å². The number of nitrogens with two attached hydrogens (primary N) is 1. The Labute approximate surface area is 201 Å². The van der Waals surface area contributed by atoms with E-state index in [9.17, 15) is 14.4 Å². The molecule has 0 saturated carbocycles. The van der Waals surface area contributed by atoms with Crippen molar-refractivity contribution in [3.8, 4) is 0 Å². The lowest BCUT2D eigenvalue weighted by atomic mass is 9.88. The molecule has 10 heteroatoms. The van der Waals surface area contributed by atoms with Crippen LogP contribution in [0.1, 0.15) is 24.0 Å². The number of likely N-dealkylation sites (tertiary alicyclic amines) is 1. The van der Waals surface area contributed by atoms with Crippen molar-refractivity contribution in [3.05, 3.63) is 77.4 Å². The fourth-order valence-corrected chi connectivity index (χ4v) is 4.54. The third kappa shape index (κ3) is 8.07. The van der Waals surface area contributed by atoms with E-state index in [1.54, 1.807) is 5.57 Å². The van der Waals surface area contributed by atoms with Gasteiger partial charge in [-0.05, 0) is 48.7 Å². The zero-order chi connectivity index (χ0) is 25.1. The summed E-state index contributed by atoms with van der Waals surface area (Å²) in [7, 11) is 2.22. The Morgan fingerprint density at radius 1 is 0.912 bits per heavy atom. The molecule has 1 saturated heterocycles. The van der Waals surface area contributed by atoms with Gasteiger partial charge in [-0.15, -0.1) is 0 Å². The van der Waals surface area contributed by atoms with Gasteiger partial charge in [0.05, 0.1) is 0 Å². The molecule has 2 aliphatic rings. The van der Waals surface area contributed by atoms with Crippen LogP contribution in [0.5, 0.6) is 0 Å². The number of carbonyl (C=O) groups excluding carboxylic acids is 1. The molecule has 2 aromatic carbocycles. The number of carboxylic acid groups (broad SMARTS) is 2. The Kier molecular flexibility index (Phi) is 10.3. The molecule has 180 valence electrons. The van der Waals surface area contributed by atoms with Crippen molar-refractivity contribution in [1.82, 2.24) is 10.4 Å². The predicted molar refractivity (Wildman–Crippen MR) is 129 cm³/mol. The Morgan fingerprint density at radius 2 is 1.32 bits per heavy atom. The van der Waals surface area contributed by atoms with Gasteiger partial charge < -0.3 is 20.8 Å². The number of rotatable bonds is 2. The van der Waals surface area contributed by atoms with Gasteiger partial charge in [0.2, 0.25) is 0 Å². The van der Waals surface area contributed by atoms with E-state index in [-0.39, 0.29) is 0 Å². The van der Waals surface area contributed by atoms with E-state index in [2.05, 4.69) is 66.2 Å². The number of carbonyl (C=O) groups is 3. The molecule has 0 aromatic heterocycles. The van der Waals surface area contributed by atoms with Gasteiger partial charge in [0, 0.05) is 35.0 Å². The molecule has 0 unspecified atom stereocenters. The minimum Gasteiger partial charge on any atom is -0.478 e. The minimum atomic E-state index is -1.26. The summed E-state index contributed by atoms with van der Waals surface area (Å²) < 4.78 is 0.